The normalized spacial score (nSPS) is 12.8. The number of nitrogens with one attached hydrogen (secondary N) is 1. The number of nitrogens with zero attached hydrogens (tertiary/aromatic N) is 2. The highest BCUT2D eigenvalue weighted by molar-refractivity contribution is 7.92. The molecule has 7 nitrogen and oxygen atoms in total. The molecule has 0 aliphatic heterocycles. The number of aryl methyl sites for hydroxylation is 3. The van der Waals surface area contributed by atoms with Crippen molar-refractivity contribution >= 4 is 27.5 Å². The molecule has 2 amide bonds. The molecule has 0 aliphatic rings. The Labute approximate surface area is 245 Å². The minimum atomic E-state index is -4.10. The number of rotatable bonds is 13. The number of hydrogen-bond acceptors (Lipinski definition) is 4. The molecule has 0 fully saturated rings. The van der Waals surface area contributed by atoms with Crippen molar-refractivity contribution in [2.75, 3.05) is 10.8 Å². The van der Waals surface area contributed by atoms with Gasteiger partial charge in [0.15, 0.2) is 0 Å². The molecular formula is C33H43N3O4S. The number of carbonyl (C=O) groups excluding carboxylic acids is 2. The van der Waals surface area contributed by atoms with E-state index in [1.807, 2.05) is 77.9 Å². The van der Waals surface area contributed by atoms with E-state index in [0.29, 0.717) is 18.5 Å². The standard InChI is InChI=1S/C33H43N3O4S/c1-7-26(6)34-33(38)30(9-3)35(22-28-16-11-10-14-25(28)5)32(37)23-36(31-17-13-12-15-27(31)8-2)41(39,40)29-20-18-24(4)19-21-29/h10-21,26,30H,7-9,22-23H2,1-6H3,(H,34,38). The molecule has 3 aromatic rings. The maximum Gasteiger partial charge on any atom is 0.264 e. The summed E-state index contributed by atoms with van der Waals surface area (Å²) in [6.07, 6.45) is 1.73. The third-order valence-electron chi connectivity index (χ3n) is 7.52. The lowest BCUT2D eigenvalue weighted by Crippen LogP contribution is -2.53. The lowest BCUT2D eigenvalue weighted by molar-refractivity contribution is -0.140. The number of hydrogen-bond donors (Lipinski definition) is 1. The first-order chi connectivity index (χ1) is 19.5. The average molecular weight is 578 g/mol. The van der Waals surface area contributed by atoms with Crippen molar-refractivity contribution in [1.29, 1.82) is 0 Å². The van der Waals surface area contributed by atoms with Gasteiger partial charge in [-0.3, -0.25) is 13.9 Å². The second-order valence-electron chi connectivity index (χ2n) is 10.5. The first-order valence-electron chi connectivity index (χ1n) is 14.3. The lowest BCUT2D eigenvalue weighted by atomic mass is 10.1. The van der Waals surface area contributed by atoms with Crippen molar-refractivity contribution in [2.24, 2.45) is 0 Å². The Morgan fingerprint density at radius 3 is 2.02 bits per heavy atom. The first kappa shape index (κ1) is 31.9. The predicted octanol–water partition coefficient (Wildman–Crippen LogP) is 5.78. The Morgan fingerprint density at radius 1 is 0.829 bits per heavy atom. The van der Waals surface area contributed by atoms with Crippen LogP contribution in [0.25, 0.3) is 0 Å². The highest BCUT2D eigenvalue weighted by Gasteiger charge is 2.34. The molecule has 0 saturated heterocycles. The SMILES string of the molecule is CCc1ccccc1N(CC(=O)N(Cc1ccccc1C)C(CC)C(=O)NC(C)CC)S(=O)(=O)c1ccc(C)cc1. The minimum Gasteiger partial charge on any atom is -0.352 e. The number of amides is 2. The zero-order valence-corrected chi connectivity index (χ0v) is 25.9. The van der Waals surface area contributed by atoms with Gasteiger partial charge in [0.1, 0.15) is 12.6 Å². The molecule has 0 spiro atoms. The van der Waals surface area contributed by atoms with E-state index in [2.05, 4.69) is 5.32 Å². The Bertz CT molecular complexity index is 1440. The van der Waals surface area contributed by atoms with Crippen LogP contribution in [0.1, 0.15) is 62.8 Å². The van der Waals surface area contributed by atoms with Gasteiger partial charge in [0.05, 0.1) is 10.6 Å². The second kappa shape index (κ2) is 14.3. The van der Waals surface area contributed by atoms with Crippen LogP contribution in [0.3, 0.4) is 0 Å². The van der Waals surface area contributed by atoms with Crippen molar-refractivity contribution < 1.29 is 18.0 Å². The van der Waals surface area contributed by atoms with E-state index in [1.54, 1.807) is 36.4 Å². The number of carbonyl (C=O) groups is 2. The van der Waals surface area contributed by atoms with Crippen molar-refractivity contribution in [3.63, 3.8) is 0 Å². The van der Waals surface area contributed by atoms with Crippen molar-refractivity contribution in [2.45, 2.75) is 84.3 Å². The van der Waals surface area contributed by atoms with E-state index < -0.39 is 28.5 Å². The predicted molar refractivity (Wildman–Crippen MR) is 165 cm³/mol. The highest BCUT2D eigenvalue weighted by atomic mass is 32.2. The van der Waals surface area contributed by atoms with Gasteiger partial charge in [0.2, 0.25) is 11.8 Å². The zero-order valence-electron chi connectivity index (χ0n) is 25.1. The summed E-state index contributed by atoms with van der Waals surface area (Å²) in [5.74, 6) is -0.688. The van der Waals surface area contributed by atoms with Gasteiger partial charge in [-0.1, -0.05) is 80.9 Å². The zero-order chi connectivity index (χ0) is 30.2. The molecule has 0 heterocycles. The van der Waals surface area contributed by atoms with Gasteiger partial charge in [0.25, 0.3) is 10.0 Å². The number of para-hydroxylation sites is 1. The molecular weight excluding hydrogens is 534 g/mol. The summed E-state index contributed by atoms with van der Waals surface area (Å²) in [6.45, 7) is 11.3. The van der Waals surface area contributed by atoms with Gasteiger partial charge in [-0.15, -0.1) is 0 Å². The molecule has 0 bridgehead atoms. The molecule has 1 N–H and O–H groups in total. The van der Waals surface area contributed by atoms with E-state index in [0.717, 1.165) is 28.7 Å². The molecule has 0 radical (unpaired) electrons. The Kier molecular flexibility index (Phi) is 11.1. The monoisotopic (exact) mass is 577 g/mol. The van der Waals surface area contributed by atoms with E-state index in [9.17, 15) is 18.0 Å². The van der Waals surface area contributed by atoms with Crippen LogP contribution in [0.4, 0.5) is 5.69 Å². The van der Waals surface area contributed by atoms with Crippen molar-refractivity contribution in [3.8, 4) is 0 Å². The third kappa shape index (κ3) is 7.76. The van der Waals surface area contributed by atoms with Crippen LogP contribution in [0, 0.1) is 13.8 Å². The Hall–Kier alpha value is -3.65. The fraction of sp³-hybridized carbons (Fsp3) is 0.394. The summed E-state index contributed by atoms with van der Waals surface area (Å²) >= 11 is 0. The van der Waals surface area contributed by atoms with Crippen molar-refractivity contribution in [1.82, 2.24) is 10.2 Å². The van der Waals surface area contributed by atoms with Gasteiger partial charge in [-0.2, -0.15) is 0 Å². The van der Waals surface area contributed by atoms with E-state index in [-0.39, 0.29) is 23.4 Å². The third-order valence-corrected chi connectivity index (χ3v) is 9.29. The van der Waals surface area contributed by atoms with Gasteiger partial charge in [0, 0.05) is 12.6 Å². The van der Waals surface area contributed by atoms with Gasteiger partial charge in [-0.25, -0.2) is 8.42 Å². The van der Waals surface area contributed by atoms with Crippen LogP contribution in [-0.4, -0.2) is 43.8 Å². The van der Waals surface area contributed by atoms with Crippen LogP contribution < -0.4 is 9.62 Å². The topological polar surface area (TPSA) is 86.8 Å². The molecule has 0 aliphatic carbocycles. The van der Waals surface area contributed by atoms with Gasteiger partial charge in [-0.05, 0) is 74.9 Å². The summed E-state index contributed by atoms with van der Waals surface area (Å²) in [5, 5.41) is 3.02. The van der Waals surface area contributed by atoms with Gasteiger partial charge >= 0.3 is 0 Å². The molecule has 41 heavy (non-hydrogen) atoms. The maximum atomic E-state index is 14.3. The molecule has 3 aromatic carbocycles. The first-order valence-corrected chi connectivity index (χ1v) is 15.8. The smallest absolute Gasteiger partial charge is 0.264 e. The van der Waals surface area contributed by atoms with Crippen LogP contribution in [0.15, 0.2) is 77.7 Å². The van der Waals surface area contributed by atoms with Crippen LogP contribution >= 0.6 is 0 Å². The maximum absolute atomic E-state index is 14.3. The Balaban J connectivity index is 2.11. The number of sulfonamides is 1. The molecule has 2 atom stereocenters. The van der Waals surface area contributed by atoms with E-state index in [4.69, 9.17) is 0 Å². The summed E-state index contributed by atoms with van der Waals surface area (Å²) in [7, 11) is -4.10. The summed E-state index contributed by atoms with van der Waals surface area (Å²) in [4.78, 5) is 29.3. The largest absolute Gasteiger partial charge is 0.352 e. The summed E-state index contributed by atoms with van der Waals surface area (Å²) < 4.78 is 29.4. The fourth-order valence-electron chi connectivity index (χ4n) is 4.74. The van der Waals surface area contributed by atoms with Gasteiger partial charge < -0.3 is 10.2 Å². The molecule has 0 saturated carbocycles. The van der Waals surface area contributed by atoms with E-state index >= 15 is 0 Å². The van der Waals surface area contributed by atoms with Crippen LogP contribution in [0.5, 0.6) is 0 Å². The summed E-state index contributed by atoms with van der Waals surface area (Å²) in [6, 6.07) is 20.8. The molecule has 8 heteroatoms. The fourth-order valence-corrected chi connectivity index (χ4v) is 6.19. The highest BCUT2D eigenvalue weighted by Crippen LogP contribution is 2.28. The number of anilines is 1. The average Bonchev–Trinajstić information content (AvgIpc) is 2.96. The Morgan fingerprint density at radius 2 is 1.44 bits per heavy atom. The molecule has 2 unspecified atom stereocenters. The van der Waals surface area contributed by atoms with Crippen molar-refractivity contribution in [3.05, 3.63) is 95.1 Å². The second-order valence-corrected chi connectivity index (χ2v) is 12.4. The number of benzene rings is 3. The van der Waals surface area contributed by atoms with E-state index in [1.165, 1.54) is 9.21 Å². The van der Waals surface area contributed by atoms with Crippen LogP contribution in [0.2, 0.25) is 0 Å². The molecule has 0 aromatic heterocycles. The lowest BCUT2D eigenvalue weighted by Gasteiger charge is -2.34. The minimum absolute atomic E-state index is 0.0539. The summed E-state index contributed by atoms with van der Waals surface area (Å²) in [5.41, 5.74) is 4.09. The molecule has 3 rings (SSSR count). The molecule has 220 valence electrons. The van der Waals surface area contributed by atoms with Crippen LogP contribution in [-0.2, 0) is 32.6 Å². The quantitative estimate of drug-likeness (QED) is 0.279.